The van der Waals surface area contributed by atoms with Crippen molar-refractivity contribution >= 4 is 11.8 Å². The van der Waals surface area contributed by atoms with Gasteiger partial charge in [-0.3, -0.25) is 14.5 Å². The number of amides is 2. The highest BCUT2D eigenvalue weighted by atomic mass is 16.2. The Morgan fingerprint density at radius 2 is 1.50 bits per heavy atom. The second kappa shape index (κ2) is 10.6. The molecular formula is C23H29N3O2. The summed E-state index contributed by atoms with van der Waals surface area (Å²) in [5, 5.41) is 5.77. The third-order valence-electron chi connectivity index (χ3n) is 5.11. The molecule has 5 nitrogen and oxygen atoms in total. The largest absolute Gasteiger partial charge is 0.352 e. The first-order valence-electron chi connectivity index (χ1n) is 10.1. The summed E-state index contributed by atoms with van der Waals surface area (Å²) in [5.41, 5.74) is 3.05. The minimum atomic E-state index is -0.153. The van der Waals surface area contributed by atoms with Gasteiger partial charge in [-0.05, 0) is 49.2 Å². The van der Waals surface area contributed by atoms with Crippen LogP contribution in [0.15, 0.2) is 54.6 Å². The lowest BCUT2D eigenvalue weighted by atomic mass is 10.0. The Morgan fingerprint density at radius 1 is 0.821 bits per heavy atom. The molecule has 0 aromatic heterocycles. The third-order valence-corrected chi connectivity index (χ3v) is 5.11. The Bertz CT molecular complexity index is 770. The van der Waals surface area contributed by atoms with Crippen LogP contribution in [0.3, 0.4) is 0 Å². The standard InChI is InChI=1S/C23H29N3O2/c27-22(13-14-24-23(28)19-9-3-1-4-10-19)25-17-20-11-5-6-12-21(20)18-26-15-7-2-8-16-26/h1,3-6,9-12H,2,7-8,13-18H2,(H,24,28)(H,25,27). The first kappa shape index (κ1) is 20.1. The first-order chi connectivity index (χ1) is 13.7. The number of likely N-dealkylation sites (tertiary alicyclic amines) is 1. The van der Waals surface area contributed by atoms with Crippen LogP contribution in [0.5, 0.6) is 0 Å². The van der Waals surface area contributed by atoms with E-state index in [9.17, 15) is 9.59 Å². The number of hydrogen-bond donors (Lipinski definition) is 2. The summed E-state index contributed by atoms with van der Waals surface area (Å²) in [6.07, 6.45) is 4.14. The lowest BCUT2D eigenvalue weighted by Crippen LogP contribution is -2.31. The van der Waals surface area contributed by atoms with Crippen LogP contribution in [0.4, 0.5) is 0 Å². The van der Waals surface area contributed by atoms with E-state index in [0.717, 1.165) is 25.2 Å². The maximum Gasteiger partial charge on any atom is 0.251 e. The van der Waals surface area contributed by atoms with Crippen molar-refractivity contribution < 1.29 is 9.59 Å². The molecule has 148 valence electrons. The summed E-state index contributed by atoms with van der Waals surface area (Å²) < 4.78 is 0. The molecule has 0 spiro atoms. The summed E-state index contributed by atoms with van der Waals surface area (Å²) in [6.45, 7) is 4.10. The highest BCUT2D eigenvalue weighted by Crippen LogP contribution is 2.16. The Kier molecular flexibility index (Phi) is 7.62. The minimum Gasteiger partial charge on any atom is -0.352 e. The van der Waals surface area contributed by atoms with Gasteiger partial charge in [-0.25, -0.2) is 0 Å². The molecular weight excluding hydrogens is 350 g/mol. The molecule has 1 aliphatic heterocycles. The van der Waals surface area contributed by atoms with E-state index in [-0.39, 0.29) is 18.2 Å². The zero-order valence-corrected chi connectivity index (χ0v) is 16.3. The van der Waals surface area contributed by atoms with Crippen molar-refractivity contribution in [1.29, 1.82) is 0 Å². The predicted molar refractivity (Wildman–Crippen MR) is 111 cm³/mol. The zero-order chi connectivity index (χ0) is 19.6. The fourth-order valence-electron chi connectivity index (χ4n) is 3.51. The molecule has 0 bridgehead atoms. The highest BCUT2D eigenvalue weighted by Gasteiger charge is 2.13. The number of rotatable bonds is 8. The van der Waals surface area contributed by atoms with Gasteiger partial charge in [0.15, 0.2) is 0 Å². The molecule has 28 heavy (non-hydrogen) atoms. The van der Waals surface area contributed by atoms with Gasteiger partial charge in [0.25, 0.3) is 5.91 Å². The number of benzene rings is 2. The number of carbonyl (C=O) groups is 2. The molecule has 2 aromatic rings. The lowest BCUT2D eigenvalue weighted by Gasteiger charge is -2.27. The average Bonchev–Trinajstić information content (AvgIpc) is 2.74. The highest BCUT2D eigenvalue weighted by molar-refractivity contribution is 5.94. The molecule has 1 aliphatic rings. The Morgan fingerprint density at radius 3 is 2.25 bits per heavy atom. The number of nitrogens with zero attached hydrogens (tertiary/aromatic N) is 1. The maximum absolute atomic E-state index is 12.2. The molecule has 1 saturated heterocycles. The fourth-order valence-corrected chi connectivity index (χ4v) is 3.51. The maximum atomic E-state index is 12.2. The van der Waals surface area contributed by atoms with Crippen LogP contribution in [-0.2, 0) is 17.9 Å². The van der Waals surface area contributed by atoms with E-state index >= 15 is 0 Å². The van der Waals surface area contributed by atoms with Gasteiger partial charge in [0.1, 0.15) is 0 Å². The van der Waals surface area contributed by atoms with Crippen LogP contribution >= 0.6 is 0 Å². The molecule has 0 unspecified atom stereocenters. The van der Waals surface area contributed by atoms with Gasteiger partial charge in [0.05, 0.1) is 0 Å². The van der Waals surface area contributed by atoms with E-state index in [2.05, 4.69) is 33.7 Å². The van der Waals surface area contributed by atoms with Crippen LogP contribution in [0.1, 0.15) is 47.2 Å². The van der Waals surface area contributed by atoms with Crippen LogP contribution in [0.25, 0.3) is 0 Å². The number of piperidine rings is 1. The van der Waals surface area contributed by atoms with Crippen LogP contribution in [-0.4, -0.2) is 36.3 Å². The summed E-state index contributed by atoms with van der Waals surface area (Å²) in [5.74, 6) is -0.207. The quantitative estimate of drug-likeness (QED) is 0.741. The molecule has 1 fully saturated rings. The minimum absolute atomic E-state index is 0.0545. The fraction of sp³-hybridized carbons (Fsp3) is 0.391. The van der Waals surface area contributed by atoms with Crippen molar-refractivity contribution in [3.05, 3.63) is 71.3 Å². The summed E-state index contributed by atoms with van der Waals surface area (Å²) >= 11 is 0. The van der Waals surface area contributed by atoms with Crippen molar-refractivity contribution in [1.82, 2.24) is 15.5 Å². The molecule has 2 aromatic carbocycles. The van der Waals surface area contributed by atoms with Crippen molar-refractivity contribution in [3.63, 3.8) is 0 Å². The summed E-state index contributed by atoms with van der Waals surface area (Å²) in [6, 6.07) is 17.3. The smallest absolute Gasteiger partial charge is 0.251 e. The van der Waals surface area contributed by atoms with E-state index in [4.69, 9.17) is 0 Å². The van der Waals surface area contributed by atoms with E-state index in [1.54, 1.807) is 12.1 Å². The Hall–Kier alpha value is -2.66. The topological polar surface area (TPSA) is 61.4 Å². The second-order valence-electron chi connectivity index (χ2n) is 7.25. The Labute approximate surface area is 167 Å². The van der Waals surface area contributed by atoms with Gasteiger partial charge < -0.3 is 10.6 Å². The van der Waals surface area contributed by atoms with Gasteiger partial charge in [0.2, 0.25) is 5.91 Å². The van der Waals surface area contributed by atoms with Gasteiger partial charge in [0, 0.05) is 31.6 Å². The van der Waals surface area contributed by atoms with Crippen molar-refractivity contribution in [3.8, 4) is 0 Å². The number of nitrogens with one attached hydrogen (secondary N) is 2. The van der Waals surface area contributed by atoms with Crippen LogP contribution in [0, 0.1) is 0 Å². The molecule has 0 radical (unpaired) electrons. The Balaban J connectivity index is 1.42. The van der Waals surface area contributed by atoms with Crippen molar-refractivity contribution in [2.45, 2.75) is 38.8 Å². The van der Waals surface area contributed by atoms with Gasteiger partial charge >= 0.3 is 0 Å². The van der Waals surface area contributed by atoms with Gasteiger partial charge in [-0.2, -0.15) is 0 Å². The molecule has 0 saturated carbocycles. The van der Waals surface area contributed by atoms with E-state index in [0.29, 0.717) is 18.7 Å². The van der Waals surface area contributed by atoms with Gasteiger partial charge in [-0.1, -0.05) is 48.9 Å². The SMILES string of the molecule is O=C(CCNC(=O)c1ccccc1)NCc1ccccc1CN1CCCCC1. The van der Waals surface area contributed by atoms with Gasteiger partial charge in [-0.15, -0.1) is 0 Å². The second-order valence-corrected chi connectivity index (χ2v) is 7.25. The van der Waals surface area contributed by atoms with Crippen molar-refractivity contribution in [2.24, 2.45) is 0 Å². The molecule has 1 heterocycles. The molecule has 5 heteroatoms. The summed E-state index contributed by atoms with van der Waals surface area (Å²) in [4.78, 5) is 26.6. The lowest BCUT2D eigenvalue weighted by molar-refractivity contribution is -0.121. The molecule has 2 amide bonds. The molecule has 0 atom stereocenters. The number of carbonyl (C=O) groups excluding carboxylic acids is 2. The monoisotopic (exact) mass is 379 g/mol. The normalized spacial score (nSPS) is 14.4. The third kappa shape index (κ3) is 6.20. The van der Waals surface area contributed by atoms with Crippen LogP contribution < -0.4 is 10.6 Å². The summed E-state index contributed by atoms with van der Waals surface area (Å²) in [7, 11) is 0. The van der Waals surface area contributed by atoms with E-state index in [1.165, 1.54) is 24.8 Å². The predicted octanol–water partition coefficient (Wildman–Crippen LogP) is 3.11. The molecule has 2 N–H and O–H groups in total. The van der Waals surface area contributed by atoms with E-state index < -0.39 is 0 Å². The first-order valence-corrected chi connectivity index (χ1v) is 10.1. The van der Waals surface area contributed by atoms with Crippen LogP contribution in [0.2, 0.25) is 0 Å². The molecule has 0 aliphatic carbocycles. The number of hydrogen-bond acceptors (Lipinski definition) is 3. The average molecular weight is 380 g/mol. The zero-order valence-electron chi connectivity index (χ0n) is 16.3. The van der Waals surface area contributed by atoms with Crippen molar-refractivity contribution in [2.75, 3.05) is 19.6 Å². The van der Waals surface area contributed by atoms with E-state index in [1.807, 2.05) is 24.3 Å². The molecule has 3 rings (SSSR count).